The van der Waals surface area contributed by atoms with Crippen molar-refractivity contribution in [3.63, 3.8) is 0 Å². The van der Waals surface area contributed by atoms with E-state index in [9.17, 15) is 4.79 Å². The minimum Gasteiger partial charge on any atom is -0.493 e. The largest absolute Gasteiger partial charge is 0.493 e. The molecule has 0 radical (unpaired) electrons. The van der Waals surface area contributed by atoms with Crippen molar-refractivity contribution >= 4 is 34.4 Å². The zero-order valence-electron chi connectivity index (χ0n) is 11.8. The maximum absolute atomic E-state index is 11.9. The number of ether oxygens (including phenoxy) is 2. The fourth-order valence-corrected chi connectivity index (χ4v) is 2.46. The van der Waals surface area contributed by atoms with E-state index in [0.717, 1.165) is 22.8 Å². The van der Waals surface area contributed by atoms with Crippen LogP contribution in [-0.2, 0) is 4.79 Å². The molecule has 22 heavy (non-hydrogen) atoms. The lowest BCUT2D eigenvalue weighted by molar-refractivity contribution is -0.118. The van der Waals surface area contributed by atoms with Crippen molar-refractivity contribution in [2.75, 3.05) is 19.0 Å². The SMILES string of the molecule is COc1ccccc1OCC(=O)Nc1ccc2nsnc2c1. The molecule has 0 aliphatic heterocycles. The summed E-state index contributed by atoms with van der Waals surface area (Å²) >= 11 is 1.14. The average Bonchev–Trinajstić information content (AvgIpc) is 3.01. The molecule has 1 heterocycles. The van der Waals surface area contributed by atoms with Crippen LogP contribution < -0.4 is 14.8 Å². The van der Waals surface area contributed by atoms with Gasteiger partial charge < -0.3 is 14.8 Å². The van der Waals surface area contributed by atoms with Crippen molar-refractivity contribution in [3.05, 3.63) is 42.5 Å². The first kappa shape index (κ1) is 14.3. The van der Waals surface area contributed by atoms with Crippen LogP contribution in [0.1, 0.15) is 0 Å². The highest BCUT2D eigenvalue weighted by Gasteiger charge is 2.08. The predicted octanol–water partition coefficient (Wildman–Crippen LogP) is 2.72. The lowest BCUT2D eigenvalue weighted by Gasteiger charge is -2.10. The average molecular weight is 315 g/mol. The van der Waals surface area contributed by atoms with Gasteiger partial charge in [0.25, 0.3) is 5.91 Å². The Balaban J connectivity index is 1.62. The fraction of sp³-hybridized carbons (Fsp3) is 0.133. The van der Waals surface area contributed by atoms with E-state index in [0.29, 0.717) is 17.2 Å². The number of benzene rings is 2. The molecular weight excluding hydrogens is 302 g/mol. The van der Waals surface area contributed by atoms with Crippen LogP contribution in [0.4, 0.5) is 5.69 Å². The van der Waals surface area contributed by atoms with Crippen molar-refractivity contribution in [1.29, 1.82) is 0 Å². The number of aromatic nitrogens is 2. The molecule has 0 aliphatic carbocycles. The molecule has 0 saturated heterocycles. The summed E-state index contributed by atoms with van der Waals surface area (Å²) in [5, 5.41) is 2.76. The lowest BCUT2D eigenvalue weighted by atomic mass is 10.3. The Labute approximate surface area is 131 Å². The monoisotopic (exact) mass is 315 g/mol. The maximum atomic E-state index is 11.9. The summed E-state index contributed by atoms with van der Waals surface area (Å²) in [4.78, 5) is 11.9. The number of nitrogens with zero attached hydrogens (tertiary/aromatic N) is 2. The van der Waals surface area contributed by atoms with Crippen LogP contribution in [-0.4, -0.2) is 28.4 Å². The molecule has 0 spiro atoms. The third-order valence-electron chi connectivity index (χ3n) is 2.97. The Bertz CT molecular complexity index is 803. The first-order chi connectivity index (χ1) is 10.8. The highest BCUT2D eigenvalue weighted by Crippen LogP contribution is 2.25. The van der Waals surface area contributed by atoms with Gasteiger partial charge in [-0.25, -0.2) is 0 Å². The Morgan fingerprint density at radius 3 is 2.73 bits per heavy atom. The molecular formula is C15H13N3O3S. The number of hydrogen-bond donors (Lipinski definition) is 1. The molecule has 112 valence electrons. The van der Waals surface area contributed by atoms with Crippen LogP contribution in [0.5, 0.6) is 11.5 Å². The van der Waals surface area contributed by atoms with E-state index in [1.807, 2.05) is 18.2 Å². The topological polar surface area (TPSA) is 73.3 Å². The fourth-order valence-electron chi connectivity index (χ4n) is 1.94. The minimum atomic E-state index is -0.256. The number of anilines is 1. The number of para-hydroxylation sites is 2. The van der Waals surface area contributed by atoms with Gasteiger partial charge in [0, 0.05) is 5.69 Å². The smallest absolute Gasteiger partial charge is 0.262 e. The van der Waals surface area contributed by atoms with E-state index in [-0.39, 0.29) is 12.5 Å². The summed E-state index contributed by atoms with van der Waals surface area (Å²) in [6.07, 6.45) is 0. The van der Waals surface area contributed by atoms with Gasteiger partial charge in [-0.1, -0.05) is 12.1 Å². The van der Waals surface area contributed by atoms with E-state index >= 15 is 0 Å². The summed E-state index contributed by atoms with van der Waals surface area (Å²) in [6, 6.07) is 12.6. The minimum absolute atomic E-state index is 0.103. The van der Waals surface area contributed by atoms with E-state index < -0.39 is 0 Å². The highest BCUT2D eigenvalue weighted by atomic mass is 32.1. The van der Waals surface area contributed by atoms with E-state index in [1.165, 1.54) is 0 Å². The van der Waals surface area contributed by atoms with Crippen LogP contribution in [0.2, 0.25) is 0 Å². The summed E-state index contributed by atoms with van der Waals surface area (Å²) in [6.45, 7) is -0.103. The van der Waals surface area contributed by atoms with Crippen molar-refractivity contribution < 1.29 is 14.3 Å². The molecule has 0 fully saturated rings. The molecule has 1 amide bonds. The molecule has 0 aliphatic rings. The number of carbonyl (C=O) groups excluding carboxylic acids is 1. The molecule has 0 unspecified atom stereocenters. The Hall–Kier alpha value is -2.67. The van der Waals surface area contributed by atoms with Crippen molar-refractivity contribution in [1.82, 2.24) is 8.75 Å². The zero-order chi connectivity index (χ0) is 15.4. The molecule has 7 heteroatoms. The quantitative estimate of drug-likeness (QED) is 0.783. The standard InChI is InChI=1S/C15H13N3O3S/c1-20-13-4-2-3-5-14(13)21-9-15(19)16-10-6-7-11-12(8-10)18-22-17-11/h2-8H,9H2,1H3,(H,16,19). The van der Waals surface area contributed by atoms with Gasteiger partial charge in [0.15, 0.2) is 18.1 Å². The number of methoxy groups -OCH3 is 1. The van der Waals surface area contributed by atoms with Gasteiger partial charge in [0.05, 0.1) is 18.8 Å². The predicted molar refractivity (Wildman–Crippen MR) is 84.5 cm³/mol. The second-order valence-electron chi connectivity index (χ2n) is 4.46. The van der Waals surface area contributed by atoms with Gasteiger partial charge in [0.1, 0.15) is 11.0 Å². The second kappa shape index (κ2) is 6.40. The number of fused-ring (bicyclic) bond motifs is 1. The summed E-state index contributed by atoms with van der Waals surface area (Å²) in [5.41, 5.74) is 2.23. The van der Waals surface area contributed by atoms with Gasteiger partial charge in [-0.2, -0.15) is 8.75 Å². The van der Waals surface area contributed by atoms with E-state index in [1.54, 1.807) is 31.4 Å². The number of amides is 1. The van der Waals surface area contributed by atoms with Crippen LogP contribution in [0.15, 0.2) is 42.5 Å². The molecule has 1 N–H and O–H groups in total. The molecule has 3 rings (SSSR count). The maximum Gasteiger partial charge on any atom is 0.262 e. The Morgan fingerprint density at radius 2 is 1.91 bits per heavy atom. The van der Waals surface area contributed by atoms with Gasteiger partial charge in [0.2, 0.25) is 0 Å². The summed E-state index contributed by atoms with van der Waals surface area (Å²) in [5.74, 6) is 0.859. The number of rotatable bonds is 5. The van der Waals surface area contributed by atoms with Crippen molar-refractivity contribution in [2.24, 2.45) is 0 Å². The number of carbonyl (C=O) groups is 1. The molecule has 3 aromatic rings. The molecule has 0 bridgehead atoms. The summed E-state index contributed by atoms with van der Waals surface area (Å²) < 4.78 is 18.9. The molecule has 0 atom stereocenters. The molecule has 6 nitrogen and oxygen atoms in total. The van der Waals surface area contributed by atoms with Gasteiger partial charge in [-0.3, -0.25) is 4.79 Å². The molecule has 0 saturated carbocycles. The first-order valence-corrected chi connectivity index (χ1v) is 7.27. The van der Waals surface area contributed by atoms with Gasteiger partial charge in [-0.15, -0.1) is 0 Å². The van der Waals surface area contributed by atoms with Gasteiger partial charge >= 0.3 is 0 Å². The lowest BCUT2D eigenvalue weighted by Crippen LogP contribution is -2.20. The number of hydrogen-bond acceptors (Lipinski definition) is 6. The third-order valence-corrected chi connectivity index (χ3v) is 3.52. The van der Waals surface area contributed by atoms with E-state index in [2.05, 4.69) is 14.1 Å². The molecule has 2 aromatic carbocycles. The van der Waals surface area contributed by atoms with Crippen molar-refractivity contribution in [3.8, 4) is 11.5 Å². The zero-order valence-corrected chi connectivity index (χ0v) is 12.6. The Kier molecular flexibility index (Phi) is 4.15. The Morgan fingerprint density at radius 1 is 1.14 bits per heavy atom. The normalized spacial score (nSPS) is 10.4. The van der Waals surface area contributed by atoms with Crippen LogP contribution in [0, 0.1) is 0 Å². The van der Waals surface area contributed by atoms with Gasteiger partial charge in [-0.05, 0) is 30.3 Å². The third kappa shape index (κ3) is 3.15. The van der Waals surface area contributed by atoms with Crippen LogP contribution in [0.25, 0.3) is 11.0 Å². The van der Waals surface area contributed by atoms with Crippen LogP contribution in [0.3, 0.4) is 0 Å². The molecule has 1 aromatic heterocycles. The first-order valence-electron chi connectivity index (χ1n) is 6.54. The van der Waals surface area contributed by atoms with Crippen molar-refractivity contribution in [2.45, 2.75) is 0 Å². The number of nitrogens with one attached hydrogen (secondary N) is 1. The van der Waals surface area contributed by atoms with E-state index in [4.69, 9.17) is 9.47 Å². The summed E-state index contributed by atoms with van der Waals surface area (Å²) in [7, 11) is 1.55. The highest BCUT2D eigenvalue weighted by molar-refractivity contribution is 7.00. The second-order valence-corrected chi connectivity index (χ2v) is 4.98. The van der Waals surface area contributed by atoms with Crippen LogP contribution >= 0.6 is 11.7 Å².